The number of aliphatic imine (C=N–C) groups is 1. The number of allylic oxidation sites excluding steroid dienone is 2. The van der Waals surface area contributed by atoms with Crippen molar-refractivity contribution in [1.29, 1.82) is 0 Å². The van der Waals surface area contributed by atoms with E-state index in [-0.39, 0.29) is 17.4 Å². The summed E-state index contributed by atoms with van der Waals surface area (Å²) in [5.41, 5.74) is 6.55. The number of rotatable bonds is 10. The van der Waals surface area contributed by atoms with Crippen molar-refractivity contribution in [2.24, 2.45) is 33.9 Å². The monoisotopic (exact) mass is 544 g/mol. The van der Waals surface area contributed by atoms with Gasteiger partial charge >= 0.3 is 0 Å². The average Bonchev–Trinajstić information content (AvgIpc) is 3.65. The molecule has 5 rings (SSSR count). The van der Waals surface area contributed by atoms with Crippen LogP contribution in [0.2, 0.25) is 0 Å². The number of hydrogen-bond acceptors (Lipinski definition) is 4. The Morgan fingerprint density at radius 3 is 2.35 bits per heavy atom. The molecule has 2 unspecified atom stereocenters. The van der Waals surface area contributed by atoms with Crippen LogP contribution < -0.4 is 11.1 Å². The van der Waals surface area contributed by atoms with Crippen LogP contribution in [-0.2, 0) is 14.4 Å². The van der Waals surface area contributed by atoms with Gasteiger partial charge in [0.15, 0.2) is 0 Å². The quantitative estimate of drug-likeness (QED) is 0.409. The molecule has 3 N–H and O–H groups in total. The number of amides is 3. The molecule has 40 heavy (non-hydrogen) atoms. The lowest BCUT2D eigenvalue weighted by Crippen LogP contribution is -2.54. The van der Waals surface area contributed by atoms with Crippen molar-refractivity contribution in [3.8, 4) is 0 Å². The van der Waals surface area contributed by atoms with Crippen LogP contribution in [0.5, 0.6) is 0 Å². The number of benzene rings is 2. The summed E-state index contributed by atoms with van der Waals surface area (Å²) in [6.45, 7) is 4.33. The van der Waals surface area contributed by atoms with Crippen LogP contribution in [0.4, 0.5) is 10.1 Å². The highest BCUT2D eigenvalue weighted by atomic mass is 19.1. The number of para-hydroxylation sites is 1. The van der Waals surface area contributed by atoms with Crippen molar-refractivity contribution in [2.75, 3.05) is 11.9 Å². The molecular weight excluding hydrogens is 507 g/mol. The fourth-order valence-corrected chi connectivity index (χ4v) is 5.97. The van der Waals surface area contributed by atoms with E-state index in [0.29, 0.717) is 48.7 Å². The van der Waals surface area contributed by atoms with Gasteiger partial charge in [-0.3, -0.25) is 14.4 Å². The zero-order chi connectivity index (χ0) is 28.4. The van der Waals surface area contributed by atoms with Crippen molar-refractivity contribution < 1.29 is 18.8 Å². The lowest BCUT2D eigenvalue weighted by Gasteiger charge is -2.39. The molecule has 2 atom stereocenters. The minimum absolute atomic E-state index is 0.112. The van der Waals surface area contributed by atoms with Gasteiger partial charge in [0.05, 0.1) is 22.7 Å². The van der Waals surface area contributed by atoms with Crippen LogP contribution in [0.15, 0.2) is 65.7 Å². The summed E-state index contributed by atoms with van der Waals surface area (Å²) in [6.07, 6.45) is 6.68. The Morgan fingerprint density at radius 2 is 1.73 bits per heavy atom. The maximum Gasteiger partial charge on any atom is 0.269 e. The highest BCUT2D eigenvalue weighted by Gasteiger charge is 2.50. The van der Waals surface area contributed by atoms with Crippen LogP contribution in [0.1, 0.15) is 63.5 Å². The number of halogens is 1. The third kappa shape index (κ3) is 5.44. The summed E-state index contributed by atoms with van der Waals surface area (Å²) in [5, 5.41) is 2.94. The van der Waals surface area contributed by atoms with Crippen LogP contribution >= 0.6 is 0 Å². The molecule has 8 heteroatoms. The van der Waals surface area contributed by atoms with E-state index in [1.807, 2.05) is 26.0 Å². The number of fused-ring (bicyclic) bond motifs is 1. The smallest absolute Gasteiger partial charge is 0.269 e. The lowest BCUT2D eigenvalue weighted by atomic mass is 9.68. The van der Waals surface area contributed by atoms with E-state index in [1.165, 1.54) is 11.0 Å². The fraction of sp³-hybridized carbons (Fsp3) is 0.438. The molecule has 3 amide bonds. The molecule has 210 valence electrons. The molecule has 3 aliphatic rings. The number of nitrogens with one attached hydrogen (secondary N) is 1. The van der Waals surface area contributed by atoms with E-state index < -0.39 is 35.1 Å². The minimum atomic E-state index is -1.23. The number of hydrogen-bond donors (Lipinski definition) is 2. The molecule has 2 aromatic carbocycles. The second-order valence-electron chi connectivity index (χ2n) is 11.7. The molecule has 0 aromatic heterocycles. The molecule has 1 aliphatic heterocycles. The first-order valence-electron chi connectivity index (χ1n) is 14.2. The Balaban J connectivity index is 1.62. The van der Waals surface area contributed by atoms with Gasteiger partial charge in [-0.05, 0) is 55.7 Å². The van der Waals surface area contributed by atoms with Gasteiger partial charge in [0.2, 0.25) is 18.0 Å². The molecule has 2 aliphatic carbocycles. The molecule has 0 radical (unpaired) electrons. The largest absolute Gasteiger partial charge is 0.369 e. The third-order valence-corrected chi connectivity index (χ3v) is 8.40. The fourth-order valence-electron chi connectivity index (χ4n) is 5.97. The number of nitrogens with two attached hydrogens (primary N) is 1. The Kier molecular flexibility index (Phi) is 7.88. The van der Waals surface area contributed by atoms with E-state index in [0.717, 1.165) is 19.3 Å². The van der Waals surface area contributed by atoms with Crippen molar-refractivity contribution in [3.63, 3.8) is 0 Å². The van der Waals surface area contributed by atoms with E-state index in [1.54, 1.807) is 42.5 Å². The molecule has 0 bridgehead atoms. The van der Waals surface area contributed by atoms with E-state index in [2.05, 4.69) is 5.32 Å². The minimum Gasteiger partial charge on any atom is -0.369 e. The second kappa shape index (κ2) is 11.4. The Hall–Kier alpha value is -3.81. The van der Waals surface area contributed by atoms with Crippen LogP contribution in [0, 0.1) is 29.0 Å². The average molecular weight is 545 g/mol. The third-order valence-electron chi connectivity index (χ3n) is 8.40. The van der Waals surface area contributed by atoms with Crippen molar-refractivity contribution >= 4 is 29.1 Å². The van der Waals surface area contributed by atoms with Gasteiger partial charge in [0.25, 0.3) is 5.91 Å². The number of anilines is 1. The van der Waals surface area contributed by atoms with Gasteiger partial charge in [-0.15, -0.1) is 0 Å². The normalized spacial score (nSPS) is 20.4. The second-order valence-corrected chi connectivity index (χ2v) is 11.7. The maximum atomic E-state index is 15.1. The molecule has 0 spiro atoms. The standard InChI is InChI=1S/C32H37FN4O3/c1-20(2)19-24(32(31(34)40)16-7-8-17-32)30(39)37(18-15-21-13-14-21)28-29(38)35-26-12-6-4-10-23(26)27(36-28)22-9-3-5-11-25(22)33/h3-12,20-21,24,28H,13-19H2,1-2H3,(H2,34,40)(H,35,38). The van der Waals surface area contributed by atoms with E-state index in [9.17, 15) is 14.4 Å². The summed E-state index contributed by atoms with van der Waals surface area (Å²) in [6, 6.07) is 13.4. The Labute approximate surface area is 234 Å². The number of benzodiazepines with no additional fused rings is 1. The molecule has 7 nitrogen and oxygen atoms in total. The number of nitrogens with zero attached hydrogens (tertiary/aromatic N) is 2. The Morgan fingerprint density at radius 1 is 1.07 bits per heavy atom. The van der Waals surface area contributed by atoms with E-state index >= 15 is 4.39 Å². The van der Waals surface area contributed by atoms with Crippen LogP contribution in [-0.4, -0.2) is 41.0 Å². The maximum absolute atomic E-state index is 15.1. The molecule has 2 aromatic rings. The summed E-state index contributed by atoms with van der Waals surface area (Å²) < 4.78 is 15.1. The van der Waals surface area contributed by atoms with E-state index in [4.69, 9.17) is 10.7 Å². The number of carbonyl (C=O) groups excluding carboxylic acids is 3. The highest BCUT2D eigenvalue weighted by molar-refractivity contribution is 6.20. The van der Waals surface area contributed by atoms with Crippen LogP contribution in [0.25, 0.3) is 0 Å². The lowest BCUT2D eigenvalue weighted by molar-refractivity contribution is -0.151. The zero-order valence-electron chi connectivity index (χ0n) is 23.1. The topological polar surface area (TPSA) is 105 Å². The van der Waals surface area contributed by atoms with Gasteiger partial charge in [0, 0.05) is 17.7 Å². The van der Waals surface area contributed by atoms with Gasteiger partial charge in [0.1, 0.15) is 5.82 Å². The Bertz CT molecular complexity index is 1360. The van der Waals surface area contributed by atoms with Gasteiger partial charge in [-0.1, -0.05) is 69.2 Å². The summed E-state index contributed by atoms with van der Waals surface area (Å²) in [5.74, 6) is -1.87. The molecule has 1 heterocycles. The predicted molar refractivity (Wildman–Crippen MR) is 153 cm³/mol. The molecular formula is C32H37FN4O3. The first kappa shape index (κ1) is 27.7. The van der Waals surface area contributed by atoms with Gasteiger partial charge < -0.3 is 16.0 Å². The zero-order valence-corrected chi connectivity index (χ0v) is 23.1. The summed E-state index contributed by atoms with van der Waals surface area (Å²) in [4.78, 5) is 47.7. The summed E-state index contributed by atoms with van der Waals surface area (Å²) >= 11 is 0. The van der Waals surface area contributed by atoms with Crippen molar-refractivity contribution in [2.45, 2.75) is 58.5 Å². The summed E-state index contributed by atoms with van der Waals surface area (Å²) in [7, 11) is 0. The highest BCUT2D eigenvalue weighted by Crippen LogP contribution is 2.45. The number of primary amides is 1. The number of carbonyl (C=O) groups is 3. The first-order valence-corrected chi connectivity index (χ1v) is 14.2. The first-order chi connectivity index (χ1) is 19.2. The van der Waals surface area contributed by atoms with Crippen molar-refractivity contribution in [3.05, 3.63) is 77.6 Å². The predicted octanol–water partition coefficient (Wildman–Crippen LogP) is 5.05. The van der Waals surface area contributed by atoms with Gasteiger partial charge in [-0.2, -0.15) is 0 Å². The SMILES string of the molecule is CC(C)CC(C(=O)N(CCC1CC1)C1N=C(c2ccccc2F)c2ccccc2NC1=O)C1(C(N)=O)CC=CC1. The van der Waals surface area contributed by atoms with Crippen LogP contribution in [0.3, 0.4) is 0 Å². The molecule has 1 saturated carbocycles. The van der Waals surface area contributed by atoms with Crippen molar-refractivity contribution in [1.82, 2.24) is 4.90 Å². The molecule has 0 saturated heterocycles. The molecule has 1 fully saturated rings. The van der Waals surface area contributed by atoms with Gasteiger partial charge in [-0.25, -0.2) is 9.38 Å².